The van der Waals surface area contributed by atoms with Crippen molar-refractivity contribution in [2.45, 2.75) is 50.0 Å². The van der Waals surface area contributed by atoms with Gasteiger partial charge in [0.15, 0.2) is 9.84 Å². The van der Waals surface area contributed by atoms with Gasteiger partial charge in [-0.1, -0.05) is 48.0 Å². The average Bonchev–Trinajstić information content (AvgIpc) is 3.05. The second-order valence-electron chi connectivity index (χ2n) is 9.94. The molecule has 6 nitrogen and oxygen atoms in total. The number of hydrogen-bond acceptors (Lipinski definition) is 5. The maximum absolute atomic E-state index is 14.6. The summed E-state index contributed by atoms with van der Waals surface area (Å²) >= 11 is 0. The number of hydrogen-bond donors (Lipinski definition) is 0. The monoisotopic (exact) mass is 509 g/mol. The van der Waals surface area contributed by atoms with Gasteiger partial charge < -0.3 is 4.74 Å². The molecule has 1 aliphatic heterocycles. The van der Waals surface area contributed by atoms with E-state index in [2.05, 4.69) is 0 Å². The van der Waals surface area contributed by atoms with Crippen LogP contribution in [0.3, 0.4) is 0 Å². The van der Waals surface area contributed by atoms with Crippen LogP contribution in [-0.4, -0.2) is 31.8 Å². The Morgan fingerprint density at radius 2 is 1.64 bits per heavy atom. The van der Waals surface area contributed by atoms with Crippen LogP contribution in [0, 0.1) is 12.7 Å². The number of imide groups is 1. The van der Waals surface area contributed by atoms with Crippen molar-refractivity contribution in [3.8, 4) is 0 Å². The molecule has 188 valence electrons. The molecule has 0 saturated carbocycles. The van der Waals surface area contributed by atoms with E-state index in [1.165, 1.54) is 24.3 Å². The molecule has 4 rings (SSSR count). The number of halogens is 1. The van der Waals surface area contributed by atoms with Gasteiger partial charge in [0.2, 0.25) is 0 Å². The van der Waals surface area contributed by atoms with Gasteiger partial charge in [0.05, 0.1) is 16.3 Å². The molecule has 0 spiro atoms. The van der Waals surface area contributed by atoms with Crippen molar-refractivity contribution >= 4 is 27.5 Å². The smallest absolute Gasteiger partial charge is 0.421 e. The summed E-state index contributed by atoms with van der Waals surface area (Å²) in [7, 11) is -3.79. The van der Waals surface area contributed by atoms with E-state index in [0.29, 0.717) is 5.56 Å². The zero-order valence-corrected chi connectivity index (χ0v) is 21.4. The van der Waals surface area contributed by atoms with Crippen LogP contribution in [0.1, 0.15) is 43.9 Å². The molecule has 0 aliphatic carbocycles. The van der Waals surface area contributed by atoms with Crippen LogP contribution in [0.25, 0.3) is 0 Å². The first kappa shape index (κ1) is 25.6. The van der Waals surface area contributed by atoms with Crippen molar-refractivity contribution in [2.75, 3.05) is 10.7 Å². The van der Waals surface area contributed by atoms with Gasteiger partial charge in [0, 0.05) is 0 Å². The van der Waals surface area contributed by atoms with Gasteiger partial charge in [-0.3, -0.25) is 4.79 Å². The molecule has 8 heteroatoms. The molecule has 1 heterocycles. The van der Waals surface area contributed by atoms with E-state index in [4.69, 9.17) is 4.74 Å². The van der Waals surface area contributed by atoms with Crippen molar-refractivity contribution in [1.29, 1.82) is 0 Å². The highest BCUT2D eigenvalue weighted by Crippen LogP contribution is 2.49. The number of fused-ring (bicyclic) bond motifs is 1. The molecular weight excluding hydrogens is 481 g/mol. The lowest BCUT2D eigenvalue weighted by molar-refractivity contribution is -0.121. The van der Waals surface area contributed by atoms with Crippen LogP contribution >= 0.6 is 0 Å². The Balaban J connectivity index is 1.89. The average molecular weight is 510 g/mol. The van der Waals surface area contributed by atoms with Gasteiger partial charge in [0.25, 0.3) is 5.91 Å². The van der Waals surface area contributed by atoms with Gasteiger partial charge in [-0.2, -0.15) is 0 Å². The second kappa shape index (κ2) is 9.17. The molecule has 0 radical (unpaired) electrons. The Morgan fingerprint density at radius 3 is 2.25 bits per heavy atom. The normalized spacial score (nSPS) is 17.7. The fourth-order valence-corrected chi connectivity index (χ4v) is 5.87. The summed E-state index contributed by atoms with van der Waals surface area (Å²) in [6.07, 6.45) is -1.10. The first-order valence-electron chi connectivity index (χ1n) is 11.6. The Hall–Kier alpha value is -3.52. The van der Waals surface area contributed by atoms with Crippen molar-refractivity contribution < 1.29 is 27.1 Å². The first-order chi connectivity index (χ1) is 16.8. The van der Waals surface area contributed by atoms with Crippen LogP contribution in [0.5, 0.6) is 0 Å². The van der Waals surface area contributed by atoms with Crippen LogP contribution in [0.2, 0.25) is 0 Å². The molecule has 0 saturated heterocycles. The zero-order valence-electron chi connectivity index (χ0n) is 20.6. The minimum absolute atomic E-state index is 0.123. The maximum Gasteiger partial charge on any atom is 0.421 e. The van der Waals surface area contributed by atoms with E-state index >= 15 is 0 Å². The van der Waals surface area contributed by atoms with Crippen molar-refractivity contribution in [3.05, 3.63) is 95.3 Å². The van der Waals surface area contributed by atoms with E-state index in [-0.39, 0.29) is 22.6 Å². The lowest BCUT2D eigenvalue weighted by Crippen LogP contribution is -2.46. The third-order valence-corrected chi connectivity index (χ3v) is 7.93. The predicted octanol–water partition coefficient (Wildman–Crippen LogP) is 5.57. The van der Waals surface area contributed by atoms with E-state index < -0.39 is 44.4 Å². The number of carbonyl (C=O) groups is 2. The summed E-state index contributed by atoms with van der Waals surface area (Å²) in [5.41, 5.74) is -0.689. The number of anilines is 1. The molecule has 0 N–H and O–H groups in total. The summed E-state index contributed by atoms with van der Waals surface area (Å²) in [6.45, 7) is 6.91. The summed E-state index contributed by atoms with van der Waals surface area (Å²) in [6, 6.07) is 18.7. The molecule has 0 unspecified atom stereocenters. The van der Waals surface area contributed by atoms with Crippen LogP contribution in [0.4, 0.5) is 14.9 Å². The molecular formula is C28H28FNO5S. The minimum Gasteiger partial charge on any atom is -0.443 e. The Kier molecular flexibility index (Phi) is 6.51. The zero-order chi connectivity index (χ0) is 26.3. The number of carbonyl (C=O) groups excluding carboxylic acids is 2. The molecule has 0 aromatic heterocycles. The van der Waals surface area contributed by atoms with Crippen LogP contribution in [0.15, 0.2) is 77.7 Å². The Labute approximate surface area is 210 Å². The standard InChI is InChI=1S/C28H28FNO5S/c1-19-10-12-20(13-11-19)28(16-17-36(33,34)22-8-6-5-7-9-22)23-18-21(29)14-15-24(23)30(25(28)31)26(32)35-27(2,3)4/h5-15,18H,16-17H2,1-4H3/t28-/m1/s1. The van der Waals surface area contributed by atoms with E-state index in [1.807, 2.05) is 6.92 Å². The Morgan fingerprint density at radius 1 is 1.00 bits per heavy atom. The molecule has 2 amide bonds. The van der Waals surface area contributed by atoms with Gasteiger partial charge in [-0.25, -0.2) is 22.5 Å². The SMILES string of the molecule is Cc1ccc([C@@]2(CCS(=O)(=O)c3ccccc3)C(=O)N(C(=O)OC(C)(C)C)c3ccc(F)cc32)cc1. The van der Waals surface area contributed by atoms with E-state index in [0.717, 1.165) is 16.5 Å². The van der Waals surface area contributed by atoms with Crippen molar-refractivity contribution in [1.82, 2.24) is 0 Å². The van der Waals surface area contributed by atoms with Crippen molar-refractivity contribution in [3.63, 3.8) is 0 Å². The predicted molar refractivity (Wildman–Crippen MR) is 135 cm³/mol. The molecule has 1 atom stereocenters. The number of aryl methyl sites for hydroxylation is 1. The fraction of sp³-hybridized carbons (Fsp3) is 0.286. The number of amides is 2. The summed E-state index contributed by atoms with van der Waals surface area (Å²) in [4.78, 5) is 28.4. The largest absolute Gasteiger partial charge is 0.443 e. The lowest BCUT2D eigenvalue weighted by Gasteiger charge is -2.30. The summed E-state index contributed by atoms with van der Waals surface area (Å²) in [5, 5.41) is 0. The number of benzene rings is 3. The van der Waals surface area contributed by atoms with Gasteiger partial charge >= 0.3 is 6.09 Å². The van der Waals surface area contributed by atoms with Gasteiger partial charge in [-0.05, 0) is 75.6 Å². The number of nitrogens with zero attached hydrogens (tertiary/aromatic N) is 1. The third kappa shape index (κ3) is 4.65. The molecule has 1 aliphatic rings. The summed E-state index contributed by atoms with van der Waals surface area (Å²) in [5.74, 6) is -1.67. The van der Waals surface area contributed by atoms with Crippen molar-refractivity contribution in [2.24, 2.45) is 0 Å². The van der Waals surface area contributed by atoms with Crippen LogP contribution in [-0.2, 0) is 24.8 Å². The molecule has 3 aromatic carbocycles. The topological polar surface area (TPSA) is 80.8 Å². The summed E-state index contributed by atoms with van der Waals surface area (Å²) < 4.78 is 46.5. The number of ether oxygens (including phenoxy) is 1. The first-order valence-corrected chi connectivity index (χ1v) is 13.2. The lowest BCUT2D eigenvalue weighted by atomic mass is 9.73. The number of rotatable bonds is 5. The third-order valence-electron chi connectivity index (χ3n) is 6.20. The molecule has 3 aromatic rings. The van der Waals surface area contributed by atoms with E-state index in [9.17, 15) is 22.4 Å². The van der Waals surface area contributed by atoms with Gasteiger partial charge in [-0.15, -0.1) is 0 Å². The number of sulfone groups is 1. The highest BCUT2D eigenvalue weighted by atomic mass is 32.2. The van der Waals surface area contributed by atoms with Gasteiger partial charge in [0.1, 0.15) is 16.8 Å². The maximum atomic E-state index is 14.6. The quantitative estimate of drug-likeness (QED) is 0.450. The molecule has 36 heavy (non-hydrogen) atoms. The fourth-order valence-electron chi connectivity index (χ4n) is 4.49. The molecule has 0 bridgehead atoms. The van der Waals surface area contributed by atoms with Crippen LogP contribution < -0.4 is 4.90 Å². The highest BCUT2D eigenvalue weighted by Gasteiger charge is 2.55. The van der Waals surface area contributed by atoms with E-state index in [1.54, 1.807) is 63.2 Å². The minimum atomic E-state index is -3.79. The Bertz CT molecular complexity index is 1410. The molecule has 0 fully saturated rings. The second-order valence-corrected chi connectivity index (χ2v) is 12.0. The highest BCUT2D eigenvalue weighted by molar-refractivity contribution is 7.91.